The zero-order valence-corrected chi connectivity index (χ0v) is 20.0. The van der Waals surface area contributed by atoms with E-state index < -0.39 is 24.0 Å². The monoisotopic (exact) mass is 480 g/mol. The first-order valence-electron chi connectivity index (χ1n) is 12.1. The van der Waals surface area contributed by atoms with Gasteiger partial charge in [0.1, 0.15) is 12.6 Å². The highest BCUT2D eigenvalue weighted by molar-refractivity contribution is 5.85. The Morgan fingerprint density at radius 2 is 1.69 bits per heavy atom. The molecule has 0 radical (unpaired) electrons. The molecule has 0 aromatic heterocycles. The molecule has 1 aliphatic heterocycles. The van der Waals surface area contributed by atoms with Crippen LogP contribution in [0.3, 0.4) is 0 Å². The van der Waals surface area contributed by atoms with E-state index in [1.54, 1.807) is 0 Å². The number of rotatable bonds is 9. The second-order valence-electron chi connectivity index (χ2n) is 9.62. The second-order valence-corrected chi connectivity index (χ2v) is 9.62. The van der Waals surface area contributed by atoms with Crippen molar-refractivity contribution in [3.8, 4) is 11.1 Å². The summed E-state index contributed by atoms with van der Waals surface area (Å²) in [7, 11) is 0. The minimum absolute atomic E-state index is 0.0628. The fourth-order valence-electron chi connectivity index (χ4n) is 4.84. The lowest BCUT2D eigenvalue weighted by Gasteiger charge is -2.22. The Morgan fingerprint density at radius 1 is 1.06 bits per heavy atom. The number of nitrogens with one attached hydrogen (secondary N) is 2. The molecule has 1 heterocycles. The van der Waals surface area contributed by atoms with Crippen LogP contribution >= 0.6 is 0 Å². The van der Waals surface area contributed by atoms with Crippen molar-refractivity contribution in [2.75, 3.05) is 19.8 Å². The smallest absolute Gasteiger partial charge is 0.407 e. The van der Waals surface area contributed by atoms with Gasteiger partial charge in [0, 0.05) is 12.5 Å². The average molecular weight is 481 g/mol. The summed E-state index contributed by atoms with van der Waals surface area (Å²) in [5.41, 5.74) is 4.53. The average Bonchev–Trinajstić information content (AvgIpc) is 3.44. The molecule has 0 saturated carbocycles. The highest BCUT2D eigenvalue weighted by Crippen LogP contribution is 2.44. The number of alkyl carbamates (subject to hydrolysis) is 1. The van der Waals surface area contributed by atoms with E-state index >= 15 is 0 Å². The van der Waals surface area contributed by atoms with Crippen LogP contribution in [0.1, 0.15) is 43.7 Å². The van der Waals surface area contributed by atoms with Crippen LogP contribution in [0, 0.1) is 11.8 Å². The first-order chi connectivity index (χ1) is 16.8. The van der Waals surface area contributed by atoms with E-state index in [2.05, 4.69) is 34.9 Å². The van der Waals surface area contributed by atoms with Crippen LogP contribution in [0.25, 0.3) is 11.1 Å². The lowest BCUT2D eigenvalue weighted by molar-refractivity contribution is -0.141. The van der Waals surface area contributed by atoms with Crippen molar-refractivity contribution in [3.05, 3.63) is 59.7 Å². The van der Waals surface area contributed by atoms with Gasteiger partial charge in [-0.2, -0.15) is 0 Å². The Bertz CT molecular complexity index is 1040. The number of carboxylic acids is 1. The lowest BCUT2D eigenvalue weighted by atomic mass is 9.98. The third-order valence-electron chi connectivity index (χ3n) is 6.59. The molecule has 8 heteroatoms. The summed E-state index contributed by atoms with van der Waals surface area (Å²) in [6, 6.07) is 15.4. The van der Waals surface area contributed by atoms with E-state index in [9.17, 15) is 14.4 Å². The largest absolute Gasteiger partial charge is 0.481 e. The summed E-state index contributed by atoms with van der Waals surface area (Å²) in [6.07, 6.45) is -0.200. The van der Waals surface area contributed by atoms with Crippen LogP contribution < -0.4 is 10.6 Å². The number of carbonyl (C=O) groups is 3. The molecule has 3 atom stereocenters. The number of amides is 2. The normalized spacial score (nSPS) is 19.6. The summed E-state index contributed by atoms with van der Waals surface area (Å²) in [6.45, 7) is 4.45. The predicted octanol–water partition coefficient (Wildman–Crippen LogP) is 3.55. The van der Waals surface area contributed by atoms with E-state index in [1.165, 1.54) is 0 Å². The summed E-state index contributed by atoms with van der Waals surface area (Å²) in [4.78, 5) is 36.6. The molecule has 8 nitrogen and oxygen atoms in total. The third kappa shape index (κ3) is 5.82. The molecule has 2 amide bonds. The van der Waals surface area contributed by atoms with Crippen molar-refractivity contribution in [2.24, 2.45) is 11.8 Å². The maximum Gasteiger partial charge on any atom is 0.407 e. The highest BCUT2D eigenvalue weighted by atomic mass is 16.5. The molecule has 1 saturated heterocycles. The fraction of sp³-hybridized carbons (Fsp3) is 0.444. The van der Waals surface area contributed by atoms with Gasteiger partial charge in [-0.15, -0.1) is 0 Å². The molecule has 0 bridgehead atoms. The Kier molecular flexibility index (Phi) is 7.70. The fourth-order valence-corrected chi connectivity index (χ4v) is 4.84. The van der Waals surface area contributed by atoms with E-state index in [1.807, 2.05) is 38.1 Å². The Morgan fingerprint density at radius 3 is 2.26 bits per heavy atom. The van der Waals surface area contributed by atoms with Crippen LogP contribution in [-0.4, -0.2) is 55.0 Å². The van der Waals surface area contributed by atoms with E-state index in [4.69, 9.17) is 14.6 Å². The molecule has 4 rings (SSSR count). The molecule has 35 heavy (non-hydrogen) atoms. The SMILES string of the molecule is CC(C)CC(NC(=O)OCC1c2ccccc2-c2ccccc21)C(=O)NCC1CC(C(=O)O)CO1. The molecule has 2 aromatic carbocycles. The number of hydrogen-bond donors (Lipinski definition) is 3. The minimum Gasteiger partial charge on any atom is -0.481 e. The summed E-state index contributed by atoms with van der Waals surface area (Å²) < 4.78 is 11.1. The van der Waals surface area contributed by atoms with E-state index in [0.29, 0.717) is 12.8 Å². The van der Waals surface area contributed by atoms with Gasteiger partial charge in [0.25, 0.3) is 0 Å². The van der Waals surface area contributed by atoms with Crippen LogP contribution in [0.5, 0.6) is 0 Å². The number of aliphatic carboxylic acids is 1. The molecule has 2 aromatic rings. The summed E-state index contributed by atoms with van der Waals surface area (Å²) >= 11 is 0. The van der Waals surface area contributed by atoms with E-state index in [0.717, 1.165) is 22.3 Å². The predicted molar refractivity (Wildman–Crippen MR) is 130 cm³/mol. The molecule has 1 fully saturated rings. The third-order valence-corrected chi connectivity index (χ3v) is 6.59. The van der Waals surface area contributed by atoms with Gasteiger partial charge < -0.3 is 25.2 Å². The van der Waals surface area contributed by atoms with Gasteiger partial charge in [-0.3, -0.25) is 9.59 Å². The topological polar surface area (TPSA) is 114 Å². The summed E-state index contributed by atoms with van der Waals surface area (Å²) in [5, 5.41) is 14.6. The van der Waals surface area contributed by atoms with Crippen LogP contribution in [0.15, 0.2) is 48.5 Å². The van der Waals surface area contributed by atoms with Crippen molar-refractivity contribution in [2.45, 2.75) is 44.8 Å². The standard InChI is InChI=1S/C27H32N2O6/c1-16(2)11-24(25(30)28-13-18-12-17(14-34-18)26(31)32)29-27(33)35-15-23-21-9-5-3-7-19(21)20-8-4-6-10-22(20)23/h3-10,16-18,23-24H,11-15H2,1-2H3,(H,28,30)(H,29,33)(H,31,32). The summed E-state index contributed by atoms with van der Waals surface area (Å²) in [5.74, 6) is -1.68. The first kappa shape index (κ1) is 24.7. The minimum atomic E-state index is -0.895. The Labute approximate surface area is 205 Å². The highest BCUT2D eigenvalue weighted by Gasteiger charge is 2.32. The van der Waals surface area contributed by atoms with Gasteiger partial charge >= 0.3 is 12.1 Å². The number of fused-ring (bicyclic) bond motifs is 3. The van der Waals surface area contributed by atoms with Crippen LogP contribution in [0.4, 0.5) is 4.79 Å². The molecule has 2 aliphatic rings. The number of carboxylic acid groups (broad SMARTS) is 1. The molecular formula is C27H32N2O6. The number of ether oxygens (including phenoxy) is 2. The van der Waals surface area contributed by atoms with E-state index in [-0.39, 0.29) is 43.6 Å². The molecule has 1 aliphatic carbocycles. The van der Waals surface area contributed by atoms with Crippen LogP contribution in [0.2, 0.25) is 0 Å². The maximum atomic E-state index is 12.8. The molecule has 3 N–H and O–H groups in total. The first-order valence-corrected chi connectivity index (χ1v) is 12.1. The lowest BCUT2D eigenvalue weighted by Crippen LogP contribution is -2.49. The number of carbonyl (C=O) groups excluding carboxylic acids is 2. The van der Waals surface area contributed by atoms with Crippen molar-refractivity contribution in [1.29, 1.82) is 0 Å². The van der Waals surface area contributed by atoms with Gasteiger partial charge in [-0.05, 0) is 41.0 Å². The van der Waals surface area contributed by atoms with Gasteiger partial charge in [0.15, 0.2) is 0 Å². The Hall–Kier alpha value is -3.39. The van der Waals surface area contributed by atoms with Gasteiger partial charge in [0.05, 0.1) is 18.6 Å². The molecular weight excluding hydrogens is 448 g/mol. The maximum absolute atomic E-state index is 12.8. The van der Waals surface area contributed by atoms with Gasteiger partial charge in [-0.1, -0.05) is 62.4 Å². The molecule has 0 spiro atoms. The number of benzene rings is 2. The van der Waals surface area contributed by atoms with Gasteiger partial charge in [-0.25, -0.2) is 4.79 Å². The van der Waals surface area contributed by atoms with Crippen LogP contribution in [-0.2, 0) is 19.1 Å². The Balaban J connectivity index is 1.33. The second kappa shape index (κ2) is 10.9. The van der Waals surface area contributed by atoms with Gasteiger partial charge in [0.2, 0.25) is 5.91 Å². The zero-order valence-electron chi connectivity index (χ0n) is 20.0. The molecule has 186 valence electrons. The van der Waals surface area contributed by atoms with Crippen molar-refractivity contribution in [1.82, 2.24) is 10.6 Å². The molecule has 3 unspecified atom stereocenters. The quantitative estimate of drug-likeness (QED) is 0.506. The zero-order chi connectivity index (χ0) is 24.9. The van der Waals surface area contributed by atoms with Crippen molar-refractivity contribution >= 4 is 18.0 Å². The number of hydrogen-bond acceptors (Lipinski definition) is 5. The van der Waals surface area contributed by atoms with Crippen molar-refractivity contribution < 1.29 is 29.0 Å². The van der Waals surface area contributed by atoms with Crippen molar-refractivity contribution in [3.63, 3.8) is 0 Å².